The molecule has 1 aliphatic rings. The van der Waals surface area contributed by atoms with Gasteiger partial charge in [0.1, 0.15) is 23.0 Å². The normalized spacial score (nSPS) is 17.3. The number of hydrogen-bond donors (Lipinski definition) is 2. The molecule has 1 heterocycles. The lowest BCUT2D eigenvalue weighted by molar-refractivity contribution is -0.140. The molecule has 1 saturated heterocycles. The van der Waals surface area contributed by atoms with Crippen molar-refractivity contribution < 1.29 is 38.7 Å². The van der Waals surface area contributed by atoms with E-state index in [1.807, 2.05) is 0 Å². The summed E-state index contributed by atoms with van der Waals surface area (Å²) < 4.78 is 21.3. The van der Waals surface area contributed by atoms with Gasteiger partial charge in [-0.15, -0.1) is 0 Å². The van der Waals surface area contributed by atoms with Crippen LogP contribution in [-0.2, 0) is 14.3 Å². The fraction of sp³-hybridized carbons (Fsp3) is 0.333. The van der Waals surface area contributed by atoms with Crippen LogP contribution in [0.5, 0.6) is 17.2 Å². The van der Waals surface area contributed by atoms with Gasteiger partial charge in [0.05, 0.1) is 52.8 Å². The van der Waals surface area contributed by atoms with Crippen LogP contribution in [0.25, 0.3) is 5.76 Å². The second-order valence-electron chi connectivity index (χ2n) is 7.16. The van der Waals surface area contributed by atoms with Crippen molar-refractivity contribution >= 4 is 17.4 Å². The number of amides is 1. The standard InChI is InChI=1S/C24H27NO8/c1-30-16-6-4-15(5-7-16)22(27)20-21(18-14-17(31-2)8-9-19(18)32-3)25(24(29)23(20)28)10-12-33-13-11-26/h4-9,14,21,26-27H,10-13H2,1-3H3. The van der Waals surface area contributed by atoms with E-state index in [9.17, 15) is 14.7 Å². The molecule has 1 aliphatic heterocycles. The van der Waals surface area contributed by atoms with E-state index in [0.717, 1.165) is 0 Å². The van der Waals surface area contributed by atoms with Crippen LogP contribution in [-0.4, -0.2) is 74.5 Å². The van der Waals surface area contributed by atoms with Gasteiger partial charge in [-0.3, -0.25) is 9.59 Å². The zero-order chi connectivity index (χ0) is 24.0. The molecule has 2 aromatic carbocycles. The number of aliphatic hydroxyl groups excluding tert-OH is 2. The van der Waals surface area contributed by atoms with Crippen molar-refractivity contribution in [3.8, 4) is 17.2 Å². The van der Waals surface area contributed by atoms with E-state index in [1.165, 1.54) is 26.2 Å². The third-order valence-corrected chi connectivity index (χ3v) is 5.35. The molecule has 2 aromatic rings. The van der Waals surface area contributed by atoms with Gasteiger partial charge in [0.25, 0.3) is 11.7 Å². The number of rotatable bonds is 10. The van der Waals surface area contributed by atoms with Crippen LogP contribution in [0.2, 0.25) is 0 Å². The molecule has 0 aliphatic carbocycles. The molecule has 9 heteroatoms. The predicted octanol–water partition coefficient (Wildman–Crippen LogP) is 2.14. The van der Waals surface area contributed by atoms with E-state index in [0.29, 0.717) is 28.4 Å². The third kappa shape index (κ3) is 4.94. The average molecular weight is 457 g/mol. The van der Waals surface area contributed by atoms with Crippen molar-refractivity contribution in [1.82, 2.24) is 4.90 Å². The van der Waals surface area contributed by atoms with Gasteiger partial charge < -0.3 is 34.1 Å². The average Bonchev–Trinajstić information content (AvgIpc) is 3.10. The van der Waals surface area contributed by atoms with E-state index in [2.05, 4.69) is 0 Å². The first-order valence-electron chi connectivity index (χ1n) is 10.3. The number of carbonyl (C=O) groups is 2. The summed E-state index contributed by atoms with van der Waals surface area (Å²) in [7, 11) is 4.50. The van der Waals surface area contributed by atoms with Gasteiger partial charge in [-0.25, -0.2) is 0 Å². The Bertz CT molecular complexity index is 1030. The molecule has 9 nitrogen and oxygen atoms in total. The monoisotopic (exact) mass is 457 g/mol. The molecule has 0 aromatic heterocycles. The molecular formula is C24H27NO8. The van der Waals surface area contributed by atoms with Crippen LogP contribution in [0.3, 0.4) is 0 Å². The van der Waals surface area contributed by atoms with E-state index in [1.54, 1.807) is 42.5 Å². The minimum Gasteiger partial charge on any atom is -0.507 e. The smallest absolute Gasteiger partial charge is 0.295 e. The second-order valence-corrected chi connectivity index (χ2v) is 7.16. The summed E-state index contributed by atoms with van der Waals surface area (Å²) in [4.78, 5) is 27.4. The highest BCUT2D eigenvalue weighted by Crippen LogP contribution is 2.43. The molecule has 1 fully saturated rings. The molecule has 0 bridgehead atoms. The Morgan fingerprint density at radius 3 is 2.21 bits per heavy atom. The SMILES string of the molecule is COc1ccc(C(O)=C2C(=O)C(=O)N(CCOCCO)C2c2cc(OC)ccc2OC)cc1. The molecule has 0 spiro atoms. The molecule has 176 valence electrons. The zero-order valence-electron chi connectivity index (χ0n) is 18.7. The number of Topliss-reactive ketones (excluding diaryl/α,β-unsaturated/α-hetero) is 1. The Labute approximate surface area is 191 Å². The van der Waals surface area contributed by atoms with Gasteiger partial charge in [-0.1, -0.05) is 0 Å². The highest BCUT2D eigenvalue weighted by molar-refractivity contribution is 6.46. The largest absolute Gasteiger partial charge is 0.507 e. The molecule has 3 rings (SSSR count). The van der Waals surface area contributed by atoms with E-state index >= 15 is 0 Å². The van der Waals surface area contributed by atoms with Gasteiger partial charge in [-0.05, 0) is 42.5 Å². The Morgan fingerprint density at radius 1 is 0.939 bits per heavy atom. The van der Waals surface area contributed by atoms with E-state index in [4.69, 9.17) is 24.1 Å². The van der Waals surface area contributed by atoms with Crippen LogP contribution in [0.15, 0.2) is 48.0 Å². The lowest BCUT2D eigenvalue weighted by Gasteiger charge is -2.26. The van der Waals surface area contributed by atoms with E-state index < -0.39 is 17.7 Å². The van der Waals surface area contributed by atoms with Crippen LogP contribution in [0.4, 0.5) is 0 Å². The number of ketones is 1. The van der Waals surface area contributed by atoms with Gasteiger partial charge in [0, 0.05) is 17.7 Å². The van der Waals surface area contributed by atoms with Crippen molar-refractivity contribution in [2.24, 2.45) is 0 Å². The molecule has 1 atom stereocenters. The number of aliphatic hydroxyl groups is 2. The maximum atomic E-state index is 13.1. The predicted molar refractivity (Wildman–Crippen MR) is 119 cm³/mol. The number of methoxy groups -OCH3 is 3. The first kappa shape index (κ1) is 24.1. The molecule has 2 N–H and O–H groups in total. The number of carbonyl (C=O) groups excluding carboxylic acids is 2. The zero-order valence-corrected chi connectivity index (χ0v) is 18.7. The Balaban J connectivity index is 2.15. The lowest BCUT2D eigenvalue weighted by Crippen LogP contribution is -2.33. The van der Waals surface area contributed by atoms with E-state index in [-0.39, 0.29) is 37.7 Å². The summed E-state index contributed by atoms with van der Waals surface area (Å²) in [6, 6.07) is 10.6. The number of likely N-dealkylation sites (tertiary alicyclic amines) is 1. The number of hydrogen-bond acceptors (Lipinski definition) is 8. The van der Waals surface area contributed by atoms with Crippen LogP contribution in [0, 0.1) is 0 Å². The Hall–Kier alpha value is -3.56. The van der Waals surface area contributed by atoms with Crippen molar-refractivity contribution in [2.45, 2.75) is 6.04 Å². The van der Waals surface area contributed by atoms with Crippen molar-refractivity contribution in [2.75, 3.05) is 47.7 Å². The fourth-order valence-corrected chi connectivity index (χ4v) is 3.72. The van der Waals surface area contributed by atoms with Gasteiger partial charge in [-0.2, -0.15) is 0 Å². The maximum absolute atomic E-state index is 13.1. The topological polar surface area (TPSA) is 115 Å². The summed E-state index contributed by atoms with van der Waals surface area (Å²) in [5.41, 5.74) is 0.768. The van der Waals surface area contributed by atoms with Gasteiger partial charge >= 0.3 is 0 Å². The highest BCUT2D eigenvalue weighted by Gasteiger charge is 2.47. The molecule has 33 heavy (non-hydrogen) atoms. The van der Waals surface area contributed by atoms with Gasteiger partial charge in [0.2, 0.25) is 0 Å². The van der Waals surface area contributed by atoms with Crippen LogP contribution >= 0.6 is 0 Å². The molecule has 0 saturated carbocycles. The van der Waals surface area contributed by atoms with Crippen molar-refractivity contribution in [3.63, 3.8) is 0 Å². The quantitative estimate of drug-likeness (QED) is 0.241. The minimum atomic E-state index is -0.935. The summed E-state index contributed by atoms with van der Waals surface area (Å²) in [5.74, 6) is -0.404. The first-order valence-corrected chi connectivity index (χ1v) is 10.3. The minimum absolute atomic E-state index is 0.0645. The molecule has 1 unspecified atom stereocenters. The van der Waals surface area contributed by atoms with Gasteiger partial charge in [0.15, 0.2) is 0 Å². The van der Waals surface area contributed by atoms with Crippen molar-refractivity contribution in [3.05, 3.63) is 59.2 Å². The fourth-order valence-electron chi connectivity index (χ4n) is 3.72. The van der Waals surface area contributed by atoms with Crippen LogP contribution in [0.1, 0.15) is 17.2 Å². The molecular weight excluding hydrogens is 430 g/mol. The lowest BCUT2D eigenvalue weighted by atomic mass is 9.94. The van der Waals surface area contributed by atoms with Crippen LogP contribution < -0.4 is 14.2 Å². The number of nitrogens with zero attached hydrogens (tertiary/aromatic N) is 1. The molecule has 1 amide bonds. The highest BCUT2D eigenvalue weighted by atomic mass is 16.5. The maximum Gasteiger partial charge on any atom is 0.295 e. The molecule has 0 radical (unpaired) electrons. The van der Waals surface area contributed by atoms with Crippen molar-refractivity contribution in [1.29, 1.82) is 0 Å². The number of ether oxygens (including phenoxy) is 4. The third-order valence-electron chi connectivity index (χ3n) is 5.35. The number of benzene rings is 2. The summed E-state index contributed by atoms with van der Waals surface area (Å²) >= 11 is 0. The Morgan fingerprint density at radius 2 is 1.61 bits per heavy atom. The summed E-state index contributed by atoms with van der Waals surface area (Å²) in [6.45, 7) is 0.0975. The summed E-state index contributed by atoms with van der Waals surface area (Å²) in [6.07, 6.45) is 0. The summed E-state index contributed by atoms with van der Waals surface area (Å²) in [5, 5.41) is 20.1. The Kier molecular flexibility index (Phi) is 7.92. The second kappa shape index (κ2) is 10.8. The first-order chi connectivity index (χ1) is 16.0.